The SMILES string of the molecule is Clc1cccc(Cl)c1-c1nc2ccc3ccccc3c2c2c1CNCC2. The molecule has 128 valence electrons. The van der Waals surface area contributed by atoms with Gasteiger partial charge in [0.1, 0.15) is 0 Å². The molecule has 0 fully saturated rings. The first-order valence-electron chi connectivity index (χ1n) is 8.72. The van der Waals surface area contributed by atoms with Gasteiger partial charge in [-0.15, -0.1) is 0 Å². The van der Waals surface area contributed by atoms with E-state index in [-0.39, 0.29) is 0 Å². The summed E-state index contributed by atoms with van der Waals surface area (Å²) in [6, 6.07) is 18.4. The van der Waals surface area contributed by atoms with Gasteiger partial charge < -0.3 is 5.32 Å². The lowest BCUT2D eigenvalue weighted by molar-refractivity contribution is 0.646. The fourth-order valence-electron chi connectivity index (χ4n) is 3.98. The van der Waals surface area contributed by atoms with E-state index in [4.69, 9.17) is 28.2 Å². The number of fused-ring (bicyclic) bond motifs is 5. The Hall–Kier alpha value is -2.13. The van der Waals surface area contributed by atoms with Gasteiger partial charge in [-0.05, 0) is 53.1 Å². The molecule has 2 heterocycles. The van der Waals surface area contributed by atoms with Gasteiger partial charge in [-0.25, -0.2) is 4.98 Å². The maximum atomic E-state index is 6.51. The minimum absolute atomic E-state index is 0.637. The lowest BCUT2D eigenvalue weighted by atomic mass is 9.90. The zero-order chi connectivity index (χ0) is 17.7. The second-order valence-electron chi connectivity index (χ2n) is 6.62. The normalized spacial score (nSPS) is 13.9. The summed E-state index contributed by atoms with van der Waals surface area (Å²) >= 11 is 13.0. The highest BCUT2D eigenvalue weighted by molar-refractivity contribution is 6.39. The predicted molar refractivity (Wildman–Crippen MR) is 110 cm³/mol. The van der Waals surface area contributed by atoms with Gasteiger partial charge in [0.15, 0.2) is 0 Å². The van der Waals surface area contributed by atoms with Crippen LogP contribution in [0.25, 0.3) is 32.9 Å². The Morgan fingerprint density at radius 2 is 1.65 bits per heavy atom. The van der Waals surface area contributed by atoms with Crippen molar-refractivity contribution in [1.29, 1.82) is 0 Å². The molecule has 0 atom stereocenters. The molecule has 2 nitrogen and oxygen atoms in total. The van der Waals surface area contributed by atoms with E-state index < -0.39 is 0 Å². The molecule has 5 rings (SSSR count). The van der Waals surface area contributed by atoms with Crippen molar-refractivity contribution in [1.82, 2.24) is 10.3 Å². The van der Waals surface area contributed by atoms with Crippen LogP contribution in [0.3, 0.4) is 0 Å². The van der Waals surface area contributed by atoms with Crippen molar-refractivity contribution in [3.63, 3.8) is 0 Å². The van der Waals surface area contributed by atoms with Gasteiger partial charge in [0.2, 0.25) is 0 Å². The van der Waals surface area contributed by atoms with Crippen LogP contribution in [0.2, 0.25) is 10.0 Å². The van der Waals surface area contributed by atoms with Gasteiger partial charge in [0.25, 0.3) is 0 Å². The fourth-order valence-corrected chi connectivity index (χ4v) is 4.55. The van der Waals surface area contributed by atoms with Crippen LogP contribution in [-0.2, 0) is 13.0 Å². The molecular formula is C22H16Cl2N2. The van der Waals surface area contributed by atoms with Crippen molar-refractivity contribution in [3.05, 3.63) is 75.8 Å². The van der Waals surface area contributed by atoms with Crippen molar-refractivity contribution >= 4 is 44.9 Å². The second-order valence-corrected chi connectivity index (χ2v) is 7.44. The molecule has 4 heteroatoms. The number of rotatable bonds is 1. The minimum Gasteiger partial charge on any atom is -0.312 e. The third-order valence-corrected chi connectivity index (χ3v) is 5.77. The molecule has 1 N–H and O–H groups in total. The topological polar surface area (TPSA) is 24.9 Å². The number of benzene rings is 3. The third kappa shape index (κ3) is 2.41. The van der Waals surface area contributed by atoms with E-state index in [1.54, 1.807) is 0 Å². The fraction of sp³-hybridized carbons (Fsp3) is 0.136. The van der Waals surface area contributed by atoms with Gasteiger partial charge in [0, 0.05) is 17.5 Å². The molecule has 0 spiro atoms. The van der Waals surface area contributed by atoms with Gasteiger partial charge in [0.05, 0.1) is 21.3 Å². The molecule has 0 radical (unpaired) electrons. The molecule has 1 aliphatic rings. The van der Waals surface area contributed by atoms with E-state index in [9.17, 15) is 0 Å². The molecule has 0 bridgehead atoms. The van der Waals surface area contributed by atoms with Crippen LogP contribution in [0.1, 0.15) is 11.1 Å². The first-order valence-corrected chi connectivity index (χ1v) is 9.48. The second kappa shape index (κ2) is 6.24. The molecule has 0 unspecified atom stereocenters. The van der Waals surface area contributed by atoms with Crippen molar-refractivity contribution < 1.29 is 0 Å². The lowest BCUT2D eigenvalue weighted by Crippen LogP contribution is -2.25. The number of hydrogen-bond donors (Lipinski definition) is 1. The zero-order valence-electron chi connectivity index (χ0n) is 14.0. The predicted octanol–water partition coefficient (Wildman–Crippen LogP) is 6.01. The number of nitrogens with one attached hydrogen (secondary N) is 1. The van der Waals surface area contributed by atoms with Crippen molar-refractivity contribution in [2.45, 2.75) is 13.0 Å². The summed E-state index contributed by atoms with van der Waals surface area (Å²) < 4.78 is 0. The Labute approximate surface area is 161 Å². The number of pyridine rings is 1. The average Bonchev–Trinajstić information content (AvgIpc) is 2.67. The average molecular weight is 379 g/mol. The Morgan fingerprint density at radius 1 is 0.846 bits per heavy atom. The maximum absolute atomic E-state index is 6.51. The Morgan fingerprint density at radius 3 is 2.50 bits per heavy atom. The molecular weight excluding hydrogens is 363 g/mol. The zero-order valence-corrected chi connectivity index (χ0v) is 15.5. The highest BCUT2D eigenvalue weighted by Crippen LogP contribution is 2.40. The molecule has 3 aromatic carbocycles. The van der Waals surface area contributed by atoms with Crippen LogP contribution >= 0.6 is 23.2 Å². The van der Waals surface area contributed by atoms with E-state index in [1.807, 2.05) is 18.2 Å². The number of hydrogen-bond acceptors (Lipinski definition) is 2. The maximum Gasteiger partial charge on any atom is 0.0787 e. The molecule has 1 aliphatic heterocycles. The number of halogens is 2. The van der Waals surface area contributed by atoms with E-state index in [0.717, 1.165) is 36.3 Å². The molecule has 26 heavy (non-hydrogen) atoms. The van der Waals surface area contributed by atoms with E-state index in [1.165, 1.54) is 27.3 Å². The third-order valence-electron chi connectivity index (χ3n) is 5.14. The van der Waals surface area contributed by atoms with E-state index in [2.05, 4.69) is 41.7 Å². The van der Waals surface area contributed by atoms with Gasteiger partial charge in [-0.1, -0.05) is 59.6 Å². The summed E-state index contributed by atoms with van der Waals surface area (Å²) in [5.41, 5.74) is 5.28. The molecule has 0 saturated heterocycles. The number of nitrogens with zero attached hydrogens (tertiary/aromatic N) is 1. The molecule has 0 aliphatic carbocycles. The number of aromatic nitrogens is 1. The molecule has 0 amide bonds. The Balaban J connectivity index is 1.94. The molecule has 1 aromatic heterocycles. The largest absolute Gasteiger partial charge is 0.312 e. The van der Waals surface area contributed by atoms with Crippen LogP contribution in [0.5, 0.6) is 0 Å². The highest BCUT2D eigenvalue weighted by Gasteiger charge is 2.22. The van der Waals surface area contributed by atoms with Crippen LogP contribution < -0.4 is 5.32 Å². The van der Waals surface area contributed by atoms with Crippen molar-refractivity contribution in [3.8, 4) is 11.3 Å². The Bertz CT molecular complexity index is 1150. The lowest BCUT2D eigenvalue weighted by Gasteiger charge is -2.23. The van der Waals surface area contributed by atoms with Gasteiger partial charge in [-0.3, -0.25) is 0 Å². The first-order chi connectivity index (χ1) is 12.7. The van der Waals surface area contributed by atoms with E-state index in [0.29, 0.717) is 10.0 Å². The van der Waals surface area contributed by atoms with Crippen molar-refractivity contribution in [2.24, 2.45) is 0 Å². The first kappa shape index (κ1) is 16.1. The van der Waals surface area contributed by atoms with Gasteiger partial charge in [-0.2, -0.15) is 0 Å². The Kier molecular flexibility index (Phi) is 3.86. The standard InChI is InChI=1S/C22H16Cl2N2/c23-17-6-3-7-18(24)21(17)22-16-12-25-11-10-15(16)20-14-5-2-1-4-13(14)8-9-19(20)26-22/h1-9,25H,10-12H2. The summed E-state index contributed by atoms with van der Waals surface area (Å²) in [7, 11) is 0. The van der Waals surface area contributed by atoms with Crippen LogP contribution in [0.4, 0.5) is 0 Å². The summed E-state index contributed by atoms with van der Waals surface area (Å²) in [6.45, 7) is 1.74. The van der Waals surface area contributed by atoms with Gasteiger partial charge >= 0.3 is 0 Å². The van der Waals surface area contributed by atoms with Crippen LogP contribution in [0.15, 0.2) is 54.6 Å². The monoisotopic (exact) mass is 378 g/mol. The summed E-state index contributed by atoms with van der Waals surface area (Å²) in [5.74, 6) is 0. The molecule has 0 saturated carbocycles. The summed E-state index contributed by atoms with van der Waals surface area (Å²) in [4.78, 5) is 5.02. The highest BCUT2D eigenvalue weighted by atomic mass is 35.5. The minimum atomic E-state index is 0.637. The van der Waals surface area contributed by atoms with E-state index >= 15 is 0 Å². The van der Waals surface area contributed by atoms with Crippen LogP contribution in [0, 0.1) is 0 Å². The summed E-state index contributed by atoms with van der Waals surface area (Å²) in [6.07, 6.45) is 0.970. The quantitative estimate of drug-likeness (QED) is 0.410. The van der Waals surface area contributed by atoms with Crippen molar-refractivity contribution in [2.75, 3.05) is 6.54 Å². The summed E-state index contributed by atoms with van der Waals surface area (Å²) in [5, 5.41) is 8.51. The molecule has 4 aromatic rings. The smallest absolute Gasteiger partial charge is 0.0787 e. The van der Waals surface area contributed by atoms with Crippen LogP contribution in [-0.4, -0.2) is 11.5 Å².